The van der Waals surface area contributed by atoms with Crippen LogP contribution in [0.5, 0.6) is 0 Å². The number of rotatable bonds is 7. The minimum Gasteiger partial charge on any atom is -0.396 e. The maximum atomic E-state index is 9.86. The van der Waals surface area contributed by atoms with Gasteiger partial charge in [-0.25, -0.2) is 4.98 Å². The second kappa shape index (κ2) is 8.33. The van der Waals surface area contributed by atoms with Crippen LogP contribution in [0.1, 0.15) is 11.1 Å². The zero-order valence-corrected chi connectivity index (χ0v) is 16.4. The summed E-state index contributed by atoms with van der Waals surface area (Å²) >= 11 is 0. The van der Waals surface area contributed by atoms with Crippen molar-refractivity contribution in [1.82, 2.24) is 9.88 Å². The largest absolute Gasteiger partial charge is 0.396 e. The zero-order chi connectivity index (χ0) is 18.7. The number of aryl methyl sites for hydroxylation is 2. The first-order chi connectivity index (χ1) is 12.5. The SMILES string of the molecule is COCCN(C)CC1CN(c2cc(C)c3cc(C)ccc3n2)CC1CO. The third-order valence-corrected chi connectivity index (χ3v) is 5.52. The molecule has 0 spiro atoms. The van der Waals surface area contributed by atoms with E-state index in [-0.39, 0.29) is 12.5 Å². The summed E-state index contributed by atoms with van der Waals surface area (Å²) in [6.07, 6.45) is 0. The number of hydrogen-bond donors (Lipinski definition) is 1. The Morgan fingerprint density at radius 3 is 2.73 bits per heavy atom. The maximum absolute atomic E-state index is 9.86. The molecule has 0 aliphatic carbocycles. The number of pyridine rings is 1. The highest BCUT2D eigenvalue weighted by Crippen LogP contribution is 2.30. The number of nitrogens with zero attached hydrogens (tertiary/aromatic N) is 3. The van der Waals surface area contributed by atoms with Crippen molar-refractivity contribution in [2.75, 3.05) is 58.5 Å². The third-order valence-electron chi connectivity index (χ3n) is 5.52. The Labute approximate surface area is 156 Å². The average molecular weight is 357 g/mol. The van der Waals surface area contributed by atoms with Crippen LogP contribution in [-0.2, 0) is 4.74 Å². The summed E-state index contributed by atoms with van der Waals surface area (Å²) in [6.45, 7) is 8.92. The van der Waals surface area contributed by atoms with Crippen LogP contribution in [0, 0.1) is 25.7 Å². The molecule has 0 radical (unpaired) electrons. The highest BCUT2D eigenvalue weighted by molar-refractivity contribution is 5.84. The van der Waals surface area contributed by atoms with Gasteiger partial charge in [0.1, 0.15) is 5.82 Å². The Kier molecular flexibility index (Phi) is 6.12. The molecule has 0 amide bonds. The highest BCUT2D eigenvalue weighted by Gasteiger charge is 2.33. The van der Waals surface area contributed by atoms with Crippen LogP contribution in [0.4, 0.5) is 5.82 Å². The van der Waals surface area contributed by atoms with E-state index >= 15 is 0 Å². The molecule has 1 N–H and O–H groups in total. The molecule has 0 bridgehead atoms. The summed E-state index contributed by atoms with van der Waals surface area (Å²) < 4.78 is 5.17. The molecule has 1 aliphatic rings. The number of aromatic nitrogens is 1. The van der Waals surface area contributed by atoms with Crippen molar-refractivity contribution in [3.05, 3.63) is 35.4 Å². The van der Waals surface area contributed by atoms with E-state index in [1.54, 1.807) is 7.11 Å². The Hall–Kier alpha value is -1.69. The molecule has 2 heterocycles. The summed E-state index contributed by atoms with van der Waals surface area (Å²) in [4.78, 5) is 9.53. The second-order valence-corrected chi connectivity index (χ2v) is 7.68. The van der Waals surface area contributed by atoms with Gasteiger partial charge in [0.15, 0.2) is 0 Å². The topological polar surface area (TPSA) is 48.8 Å². The number of hydrogen-bond acceptors (Lipinski definition) is 5. The van der Waals surface area contributed by atoms with Crippen LogP contribution in [0.2, 0.25) is 0 Å². The standard InChI is InChI=1S/C21H31N3O2/c1-15-5-6-20-19(9-15)16(2)10-21(22-20)24-12-17(18(13-24)14-25)11-23(3)7-8-26-4/h5-6,9-10,17-18,25H,7-8,11-14H2,1-4H3. The lowest BCUT2D eigenvalue weighted by Gasteiger charge is -2.23. The van der Waals surface area contributed by atoms with Crippen LogP contribution in [0.3, 0.4) is 0 Å². The summed E-state index contributed by atoms with van der Waals surface area (Å²) in [5.74, 6) is 1.76. The molecule has 2 unspecified atom stereocenters. The molecule has 26 heavy (non-hydrogen) atoms. The lowest BCUT2D eigenvalue weighted by atomic mass is 9.96. The fourth-order valence-corrected chi connectivity index (χ4v) is 3.93. The van der Waals surface area contributed by atoms with E-state index in [0.29, 0.717) is 5.92 Å². The summed E-state index contributed by atoms with van der Waals surface area (Å²) in [5, 5.41) is 11.1. The van der Waals surface area contributed by atoms with Gasteiger partial charge in [-0.3, -0.25) is 0 Å². The fraction of sp³-hybridized carbons (Fsp3) is 0.571. The zero-order valence-electron chi connectivity index (χ0n) is 16.4. The summed E-state index contributed by atoms with van der Waals surface area (Å²) in [6, 6.07) is 8.62. The van der Waals surface area contributed by atoms with Crippen molar-refractivity contribution in [3.63, 3.8) is 0 Å². The van der Waals surface area contributed by atoms with Crippen molar-refractivity contribution < 1.29 is 9.84 Å². The van der Waals surface area contributed by atoms with E-state index < -0.39 is 0 Å². The molecule has 2 aromatic rings. The van der Waals surface area contributed by atoms with Crippen LogP contribution in [-0.4, -0.2) is 68.5 Å². The summed E-state index contributed by atoms with van der Waals surface area (Å²) in [5.41, 5.74) is 3.57. The van der Waals surface area contributed by atoms with E-state index in [1.165, 1.54) is 16.5 Å². The first kappa shape index (κ1) is 19.1. The van der Waals surface area contributed by atoms with Crippen molar-refractivity contribution >= 4 is 16.7 Å². The Bertz CT molecular complexity index is 749. The van der Waals surface area contributed by atoms with Gasteiger partial charge in [-0.05, 0) is 50.6 Å². The third kappa shape index (κ3) is 4.17. The Balaban J connectivity index is 1.77. The van der Waals surface area contributed by atoms with Crippen LogP contribution in [0.25, 0.3) is 10.9 Å². The van der Waals surface area contributed by atoms with Gasteiger partial charge in [0.2, 0.25) is 0 Å². The number of ether oxygens (including phenoxy) is 1. The normalized spacial score (nSPS) is 20.5. The van der Waals surface area contributed by atoms with Gasteiger partial charge < -0.3 is 19.6 Å². The minimum atomic E-state index is 0.227. The predicted molar refractivity (Wildman–Crippen MR) is 107 cm³/mol. The molecule has 5 heteroatoms. The van der Waals surface area contributed by atoms with Gasteiger partial charge in [-0.15, -0.1) is 0 Å². The van der Waals surface area contributed by atoms with Gasteiger partial charge in [0.05, 0.1) is 12.1 Å². The lowest BCUT2D eigenvalue weighted by Crippen LogP contribution is -2.33. The lowest BCUT2D eigenvalue weighted by molar-refractivity contribution is 0.136. The van der Waals surface area contributed by atoms with Crippen molar-refractivity contribution in [3.8, 4) is 0 Å². The molecule has 3 rings (SSSR count). The van der Waals surface area contributed by atoms with Crippen molar-refractivity contribution in [2.24, 2.45) is 11.8 Å². The smallest absolute Gasteiger partial charge is 0.129 e. The number of methoxy groups -OCH3 is 1. The molecule has 1 aromatic heterocycles. The Morgan fingerprint density at radius 1 is 1.23 bits per heavy atom. The molecular weight excluding hydrogens is 326 g/mol. The molecule has 0 saturated carbocycles. The van der Waals surface area contributed by atoms with E-state index in [4.69, 9.17) is 9.72 Å². The molecule has 1 aliphatic heterocycles. The molecule has 1 fully saturated rings. The fourth-order valence-electron chi connectivity index (χ4n) is 3.93. The van der Waals surface area contributed by atoms with E-state index in [1.807, 2.05) is 0 Å². The Morgan fingerprint density at radius 2 is 2.00 bits per heavy atom. The molecule has 5 nitrogen and oxygen atoms in total. The molecule has 2 atom stereocenters. The average Bonchev–Trinajstić information content (AvgIpc) is 3.03. The minimum absolute atomic E-state index is 0.227. The number of aliphatic hydroxyl groups is 1. The quantitative estimate of drug-likeness (QED) is 0.825. The van der Waals surface area contributed by atoms with Crippen molar-refractivity contribution in [1.29, 1.82) is 0 Å². The highest BCUT2D eigenvalue weighted by atomic mass is 16.5. The van der Waals surface area contributed by atoms with E-state index in [2.05, 4.69) is 55.0 Å². The molecule has 1 aromatic carbocycles. The van der Waals surface area contributed by atoms with Crippen molar-refractivity contribution in [2.45, 2.75) is 13.8 Å². The van der Waals surface area contributed by atoms with Gasteiger partial charge in [-0.2, -0.15) is 0 Å². The second-order valence-electron chi connectivity index (χ2n) is 7.68. The first-order valence-corrected chi connectivity index (χ1v) is 9.43. The number of anilines is 1. The van der Waals surface area contributed by atoms with Crippen LogP contribution in [0.15, 0.2) is 24.3 Å². The van der Waals surface area contributed by atoms with E-state index in [0.717, 1.165) is 44.1 Å². The first-order valence-electron chi connectivity index (χ1n) is 9.43. The molecular formula is C21H31N3O2. The van der Waals surface area contributed by atoms with Crippen LogP contribution < -0.4 is 4.90 Å². The number of benzene rings is 1. The van der Waals surface area contributed by atoms with Gasteiger partial charge in [0.25, 0.3) is 0 Å². The predicted octanol–water partition coefficient (Wildman–Crippen LogP) is 2.47. The van der Waals surface area contributed by atoms with E-state index in [9.17, 15) is 5.11 Å². The summed E-state index contributed by atoms with van der Waals surface area (Å²) in [7, 11) is 3.85. The van der Waals surface area contributed by atoms with Gasteiger partial charge in [-0.1, -0.05) is 11.6 Å². The number of fused-ring (bicyclic) bond motifs is 1. The van der Waals surface area contributed by atoms with Gasteiger partial charge in [0, 0.05) is 51.2 Å². The number of aliphatic hydroxyl groups excluding tert-OH is 1. The maximum Gasteiger partial charge on any atom is 0.129 e. The molecule has 1 saturated heterocycles. The van der Waals surface area contributed by atoms with Crippen LogP contribution >= 0.6 is 0 Å². The van der Waals surface area contributed by atoms with Gasteiger partial charge >= 0.3 is 0 Å². The monoisotopic (exact) mass is 357 g/mol. The molecule has 142 valence electrons. The number of likely N-dealkylation sites (N-methyl/N-ethyl adjacent to an activating group) is 1.